The number of rotatable bonds is 3. The van der Waals surface area contributed by atoms with E-state index in [1.165, 1.54) is 0 Å². The largest absolute Gasteiger partial charge is 0.398 e. The van der Waals surface area contributed by atoms with Crippen molar-refractivity contribution in [2.45, 2.75) is 6.54 Å². The highest BCUT2D eigenvalue weighted by Crippen LogP contribution is 2.17. The summed E-state index contributed by atoms with van der Waals surface area (Å²) in [5, 5.41) is 1.96. The molecule has 0 aromatic carbocycles. The highest BCUT2D eigenvalue weighted by Gasteiger charge is 1.97. The lowest BCUT2D eigenvalue weighted by molar-refractivity contribution is 0.0875. The van der Waals surface area contributed by atoms with Gasteiger partial charge in [-0.3, -0.25) is 0 Å². The Morgan fingerprint density at radius 3 is 3.10 bits per heavy atom. The zero-order valence-corrected chi connectivity index (χ0v) is 6.57. The topological polar surface area (TPSA) is 47.3 Å². The SMILES string of the molecule is CONCc1sccc1N. The third-order valence-corrected chi connectivity index (χ3v) is 2.09. The molecular weight excluding hydrogens is 148 g/mol. The number of nitrogens with one attached hydrogen (secondary N) is 1. The number of hydroxylamine groups is 1. The van der Waals surface area contributed by atoms with Gasteiger partial charge in [0, 0.05) is 10.6 Å². The highest BCUT2D eigenvalue weighted by atomic mass is 32.1. The van der Waals surface area contributed by atoms with Crippen molar-refractivity contribution in [1.29, 1.82) is 0 Å². The van der Waals surface area contributed by atoms with Gasteiger partial charge in [0.05, 0.1) is 13.7 Å². The fourth-order valence-corrected chi connectivity index (χ4v) is 1.36. The molecule has 0 fully saturated rings. The molecular formula is C6H10N2OS. The van der Waals surface area contributed by atoms with E-state index in [1.807, 2.05) is 11.4 Å². The molecule has 0 atom stereocenters. The van der Waals surface area contributed by atoms with Gasteiger partial charge in [0.2, 0.25) is 0 Å². The van der Waals surface area contributed by atoms with Crippen molar-refractivity contribution in [3.63, 3.8) is 0 Å². The van der Waals surface area contributed by atoms with Gasteiger partial charge in [0.25, 0.3) is 0 Å². The highest BCUT2D eigenvalue weighted by molar-refractivity contribution is 7.10. The van der Waals surface area contributed by atoms with Gasteiger partial charge in [-0.2, -0.15) is 5.48 Å². The summed E-state index contributed by atoms with van der Waals surface area (Å²) in [7, 11) is 1.59. The molecule has 0 radical (unpaired) electrons. The molecule has 0 spiro atoms. The molecule has 1 aromatic heterocycles. The molecule has 56 valence electrons. The first-order valence-electron chi connectivity index (χ1n) is 2.92. The lowest BCUT2D eigenvalue weighted by atomic mass is 10.4. The first-order valence-corrected chi connectivity index (χ1v) is 3.80. The Hall–Kier alpha value is -0.580. The van der Waals surface area contributed by atoms with Gasteiger partial charge in [-0.1, -0.05) is 0 Å². The van der Waals surface area contributed by atoms with Crippen LogP contribution in [0.1, 0.15) is 4.88 Å². The van der Waals surface area contributed by atoms with E-state index in [4.69, 9.17) is 5.73 Å². The van der Waals surface area contributed by atoms with Crippen molar-refractivity contribution in [3.05, 3.63) is 16.3 Å². The molecule has 4 heteroatoms. The van der Waals surface area contributed by atoms with Gasteiger partial charge in [-0.05, 0) is 11.4 Å². The molecule has 1 rings (SSSR count). The second kappa shape index (κ2) is 3.55. The van der Waals surface area contributed by atoms with Crippen LogP contribution in [0.5, 0.6) is 0 Å². The van der Waals surface area contributed by atoms with Crippen molar-refractivity contribution in [1.82, 2.24) is 5.48 Å². The van der Waals surface area contributed by atoms with Crippen molar-refractivity contribution in [2.75, 3.05) is 12.8 Å². The normalized spacial score (nSPS) is 10.1. The van der Waals surface area contributed by atoms with Crippen LogP contribution in [0.2, 0.25) is 0 Å². The molecule has 3 N–H and O–H groups in total. The first kappa shape index (κ1) is 7.53. The van der Waals surface area contributed by atoms with Crippen LogP contribution in [0, 0.1) is 0 Å². The van der Waals surface area contributed by atoms with Crippen LogP contribution in [-0.4, -0.2) is 7.11 Å². The Bertz CT molecular complexity index is 199. The van der Waals surface area contributed by atoms with Gasteiger partial charge in [-0.25, -0.2) is 0 Å². The second-order valence-electron chi connectivity index (χ2n) is 1.82. The lowest BCUT2D eigenvalue weighted by Crippen LogP contribution is -2.10. The Kier molecular flexibility index (Phi) is 2.68. The van der Waals surface area contributed by atoms with Crippen LogP contribution < -0.4 is 11.2 Å². The minimum atomic E-state index is 0.681. The van der Waals surface area contributed by atoms with Crippen LogP contribution in [0.3, 0.4) is 0 Å². The molecule has 0 saturated heterocycles. The number of hydrogen-bond donors (Lipinski definition) is 2. The van der Waals surface area contributed by atoms with Crippen molar-refractivity contribution < 1.29 is 4.84 Å². The summed E-state index contributed by atoms with van der Waals surface area (Å²) in [5.74, 6) is 0. The summed E-state index contributed by atoms with van der Waals surface area (Å²) in [4.78, 5) is 5.78. The quantitative estimate of drug-likeness (QED) is 0.645. The summed E-state index contributed by atoms with van der Waals surface area (Å²) < 4.78 is 0. The molecule has 0 aliphatic heterocycles. The van der Waals surface area contributed by atoms with E-state index in [1.54, 1.807) is 18.4 Å². The van der Waals surface area contributed by atoms with E-state index in [0.29, 0.717) is 6.54 Å². The van der Waals surface area contributed by atoms with Gasteiger partial charge in [-0.15, -0.1) is 11.3 Å². The van der Waals surface area contributed by atoms with Crippen LogP contribution in [0.25, 0.3) is 0 Å². The Balaban J connectivity index is 2.49. The standard InChI is InChI=1S/C6H10N2OS/c1-9-8-4-6-5(7)2-3-10-6/h2-3,8H,4,7H2,1H3. The van der Waals surface area contributed by atoms with Gasteiger partial charge in [0.1, 0.15) is 0 Å². The maximum absolute atomic E-state index is 5.60. The van der Waals surface area contributed by atoms with Crippen molar-refractivity contribution in [2.24, 2.45) is 0 Å². The third-order valence-electron chi connectivity index (χ3n) is 1.16. The predicted octanol–water partition coefficient (Wildman–Crippen LogP) is 0.981. The average Bonchev–Trinajstić information content (AvgIpc) is 2.31. The fourth-order valence-electron chi connectivity index (χ4n) is 0.632. The molecule has 1 aromatic rings. The van der Waals surface area contributed by atoms with Gasteiger partial charge >= 0.3 is 0 Å². The first-order chi connectivity index (χ1) is 4.84. The van der Waals surface area contributed by atoms with Crippen molar-refractivity contribution >= 4 is 17.0 Å². The Morgan fingerprint density at radius 2 is 2.60 bits per heavy atom. The Morgan fingerprint density at radius 1 is 1.80 bits per heavy atom. The zero-order chi connectivity index (χ0) is 7.40. The summed E-state index contributed by atoms with van der Waals surface area (Å²) in [6.07, 6.45) is 0. The van der Waals surface area contributed by atoms with Crippen molar-refractivity contribution in [3.8, 4) is 0 Å². The van der Waals surface area contributed by atoms with Gasteiger partial charge < -0.3 is 10.6 Å². The number of nitrogens with two attached hydrogens (primary N) is 1. The molecule has 0 saturated carbocycles. The number of nitrogen functional groups attached to an aromatic ring is 1. The van der Waals surface area contributed by atoms with E-state index in [-0.39, 0.29) is 0 Å². The summed E-state index contributed by atoms with van der Waals surface area (Å²) >= 11 is 1.62. The summed E-state index contributed by atoms with van der Waals surface area (Å²) in [6, 6.07) is 1.89. The van der Waals surface area contributed by atoms with Crippen LogP contribution >= 0.6 is 11.3 Å². The lowest BCUT2D eigenvalue weighted by Gasteiger charge is -1.98. The second-order valence-corrected chi connectivity index (χ2v) is 2.83. The molecule has 0 aliphatic carbocycles. The average molecular weight is 158 g/mol. The maximum Gasteiger partial charge on any atom is 0.0575 e. The van der Waals surface area contributed by atoms with E-state index >= 15 is 0 Å². The molecule has 0 unspecified atom stereocenters. The molecule has 0 aliphatic rings. The molecule has 10 heavy (non-hydrogen) atoms. The number of thiophene rings is 1. The molecule has 0 amide bonds. The molecule has 0 bridgehead atoms. The van der Waals surface area contributed by atoms with Crippen LogP contribution in [0.4, 0.5) is 5.69 Å². The number of anilines is 1. The molecule has 1 heterocycles. The zero-order valence-electron chi connectivity index (χ0n) is 5.76. The van der Waals surface area contributed by atoms with Crippen LogP contribution in [0.15, 0.2) is 11.4 Å². The minimum absolute atomic E-state index is 0.681. The van der Waals surface area contributed by atoms with E-state index < -0.39 is 0 Å². The monoisotopic (exact) mass is 158 g/mol. The smallest absolute Gasteiger partial charge is 0.0575 e. The van der Waals surface area contributed by atoms with E-state index in [0.717, 1.165) is 10.6 Å². The van der Waals surface area contributed by atoms with E-state index in [2.05, 4.69) is 10.3 Å². The maximum atomic E-state index is 5.60. The Labute approximate surface area is 63.8 Å². The third kappa shape index (κ3) is 1.70. The predicted molar refractivity (Wildman–Crippen MR) is 42.6 cm³/mol. The number of hydrogen-bond acceptors (Lipinski definition) is 4. The van der Waals surface area contributed by atoms with Gasteiger partial charge in [0.15, 0.2) is 0 Å². The summed E-state index contributed by atoms with van der Waals surface area (Å²) in [5.41, 5.74) is 9.15. The minimum Gasteiger partial charge on any atom is -0.398 e. The molecule has 3 nitrogen and oxygen atoms in total. The van der Waals surface area contributed by atoms with E-state index in [9.17, 15) is 0 Å². The fraction of sp³-hybridized carbons (Fsp3) is 0.333. The summed E-state index contributed by atoms with van der Waals surface area (Å²) in [6.45, 7) is 0.681. The van der Waals surface area contributed by atoms with Crippen LogP contribution in [-0.2, 0) is 11.4 Å².